The van der Waals surface area contributed by atoms with E-state index >= 15 is 0 Å². The molecule has 48 heavy (non-hydrogen) atoms. The Kier molecular flexibility index (Phi) is 11.9. The van der Waals surface area contributed by atoms with Gasteiger partial charge < -0.3 is 29.9 Å². The molecule has 0 radical (unpaired) electrons. The van der Waals surface area contributed by atoms with Crippen LogP contribution in [-0.4, -0.2) is 97.7 Å². The molecule has 1 amide bonds. The first-order valence-corrected chi connectivity index (χ1v) is 16.5. The predicted octanol–water partition coefficient (Wildman–Crippen LogP) is 3.72. The topological polar surface area (TPSA) is 170 Å². The van der Waals surface area contributed by atoms with Crippen LogP contribution in [0.3, 0.4) is 0 Å². The number of rotatable bonds is 15. The van der Waals surface area contributed by atoms with Crippen molar-refractivity contribution in [1.82, 2.24) is 24.8 Å². The Hall–Kier alpha value is -5.28. The quantitative estimate of drug-likeness (QED) is 0.167. The molecule has 4 rings (SSSR count). The molecule has 0 bridgehead atoms. The number of anilines is 3. The summed E-state index contributed by atoms with van der Waals surface area (Å²) in [5.74, 6) is -1.14. The van der Waals surface area contributed by atoms with Crippen molar-refractivity contribution < 1.29 is 27.9 Å². The fourth-order valence-electron chi connectivity index (χ4n) is 4.36. The van der Waals surface area contributed by atoms with Crippen molar-refractivity contribution >= 4 is 39.9 Å². The number of nitrogens with one attached hydrogen (secondary N) is 2. The number of aliphatic carboxylic acids is 1. The molecule has 0 aliphatic heterocycles. The van der Waals surface area contributed by atoms with Gasteiger partial charge in [0.25, 0.3) is 10.0 Å². The summed E-state index contributed by atoms with van der Waals surface area (Å²) in [4.78, 5) is 42.8. The van der Waals surface area contributed by atoms with Crippen molar-refractivity contribution in [1.29, 1.82) is 0 Å². The molecule has 15 heteroatoms. The number of ether oxygens (including phenoxy) is 1. The molecular formula is C33H40N8O6S. The molecule has 0 unspecified atom stereocenters. The second-order valence-electron chi connectivity index (χ2n) is 11.6. The summed E-state index contributed by atoms with van der Waals surface area (Å²) >= 11 is 0. The fraction of sp³-hybridized carbons (Fsp3) is 0.303. The van der Waals surface area contributed by atoms with Crippen LogP contribution in [-0.2, 0) is 27.8 Å². The first-order valence-electron chi connectivity index (χ1n) is 15.1. The Balaban J connectivity index is 1.68. The van der Waals surface area contributed by atoms with Gasteiger partial charge in [-0.15, -0.1) is 0 Å². The molecule has 1 atom stereocenters. The Morgan fingerprint density at radius 2 is 1.48 bits per heavy atom. The largest absolute Gasteiger partial charge is 0.480 e. The molecule has 0 aliphatic rings. The van der Waals surface area contributed by atoms with Crippen LogP contribution in [0, 0.1) is 6.92 Å². The van der Waals surface area contributed by atoms with Crippen LogP contribution >= 0.6 is 0 Å². The van der Waals surface area contributed by atoms with Crippen LogP contribution in [0.2, 0.25) is 0 Å². The van der Waals surface area contributed by atoms with Gasteiger partial charge in [-0.2, -0.15) is 15.0 Å². The van der Waals surface area contributed by atoms with E-state index in [-0.39, 0.29) is 29.2 Å². The lowest BCUT2D eigenvalue weighted by atomic mass is 10.1. The van der Waals surface area contributed by atoms with Crippen LogP contribution in [0.15, 0.2) is 83.8 Å². The molecule has 0 aliphatic carbocycles. The highest BCUT2D eigenvalue weighted by atomic mass is 32.2. The Morgan fingerprint density at radius 1 is 0.833 bits per heavy atom. The average molecular weight is 677 g/mol. The third-order valence-corrected chi connectivity index (χ3v) is 8.38. The molecule has 0 spiro atoms. The zero-order chi connectivity index (χ0) is 34.8. The van der Waals surface area contributed by atoms with Crippen LogP contribution in [0.1, 0.15) is 16.7 Å². The highest BCUT2D eigenvalue weighted by Crippen LogP contribution is 2.21. The van der Waals surface area contributed by atoms with Crippen LogP contribution in [0.25, 0.3) is 0 Å². The van der Waals surface area contributed by atoms with Gasteiger partial charge in [0.1, 0.15) is 11.8 Å². The number of nitrogens with zero attached hydrogens (tertiary/aromatic N) is 6. The Bertz CT molecular complexity index is 1790. The molecule has 4 aromatic rings. The first-order chi connectivity index (χ1) is 22.8. The number of carbonyl (C=O) groups is 2. The van der Waals surface area contributed by atoms with Gasteiger partial charge >= 0.3 is 12.1 Å². The maximum Gasteiger partial charge on any atom is 0.414 e. The smallest absolute Gasteiger partial charge is 0.414 e. The zero-order valence-corrected chi connectivity index (χ0v) is 28.3. The van der Waals surface area contributed by atoms with Crippen LogP contribution in [0.5, 0.6) is 5.75 Å². The van der Waals surface area contributed by atoms with Gasteiger partial charge in [-0.05, 0) is 56.4 Å². The molecule has 0 fully saturated rings. The minimum absolute atomic E-state index is 0.0110. The monoisotopic (exact) mass is 676 g/mol. The third-order valence-electron chi connectivity index (χ3n) is 7.03. The summed E-state index contributed by atoms with van der Waals surface area (Å²) in [6.45, 7) is 3.35. The standard InChI is InChI=1S/C33H40N8O6S/c1-23-11-17-27(18-12-23)48(45,46)38-31-35-30(36-32(37-31)41(20-19-39(2)3)22-25-9-7-6-8-10-25)34-28(29(42)43)21-24-13-15-26(16-14-24)47-33(44)40(4)5/h6-18,28H,19-22H2,1-5H3,(H,42,43)(H2,34,35,36,37,38)/t28-/m0/s1. The fourth-order valence-corrected chi connectivity index (χ4v) is 5.31. The SMILES string of the molecule is Cc1ccc(S(=O)(=O)Nc2nc(N[C@@H](Cc3ccc(OC(=O)N(C)C)cc3)C(=O)O)nc(N(CCN(C)C)Cc3ccccc3)n2)cc1. The molecular weight excluding hydrogens is 636 g/mol. The van der Waals surface area contributed by atoms with E-state index in [2.05, 4.69) is 25.0 Å². The normalized spacial score (nSPS) is 11.9. The van der Waals surface area contributed by atoms with Gasteiger partial charge in [0.15, 0.2) is 0 Å². The number of aryl methyl sites for hydroxylation is 1. The van der Waals surface area contributed by atoms with E-state index in [0.717, 1.165) is 11.1 Å². The average Bonchev–Trinajstić information content (AvgIpc) is 3.03. The van der Waals surface area contributed by atoms with Crippen molar-refractivity contribution in [3.8, 4) is 5.75 Å². The third kappa shape index (κ3) is 10.4. The van der Waals surface area contributed by atoms with E-state index in [1.54, 1.807) is 50.5 Å². The van der Waals surface area contributed by atoms with E-state index < -0.39 is 28.1 Å². The lowest BCUT2D eigenvalue weighted by molar-refractivity contribution is -0.137. The summed E-state index contributed by atoms with van der Waals surface area (Å²) in [5.41, 5.74) is 2.49. The summed E-state index contributed by atoms with van der Waals surface area (Å²) in [7, 11) is 2.89. The number of carboxylic acid groups (broad SMARTS) is 1. The van der Waals surface area contributed by atoms with Crippen molar-refractivity contribution in [2.24, 2.45) is 0 Å². The summed E-state index contributed by atoms with van der Waals surface area (Å²) in [5, 5.41) is 13.0. The van der Waals surface area contributed by atoms with Gasteiger partial charge in [-0.25, -0.2) is 22.7 Å². The molecule has 1 heterocycles. The second kappa shape index (κ2) is 16.0. The minimum atomic E-state index is -4.10. The number of sulfonamides is 1. The van der Waals surface area contributed by atoms with Crippen molar-refractivity contribution in [2.45, 2.75) is 30.8 Å². The van der Waals surface area contributed by atoms with E-state index in [1.807, 2.05) is 61.2 Å². The number of likely N-dealkylation sites (N-methyl/N-ethyl adjacent to an activating group) is 1. The first kappa shape index (κ1) is 35.6. The highest BCUT2D eigenvalue weighted by Gasteiger charge is 2.24. The number of benzene rings is 3. The van der Waals surface area contributed by atoms with Crippen molar-refractivity contribution in [3.63, 3.8) is 0 Å². The summed E-state index contributed by atoms with van der Waals surface area (Å²) in [6.07, 6.45) is -0.531. The van der Waals surface area contributed by atoms with Crippen LogP contribution < -0.4 is 19.7 Å². The second-order valence-corrected chi connectivity index (χ2v) is 13.2. The number of carbonyl (C=O) groups excluding carboxylic acids is 1. The molecule has 0 saturated heterocycles. The number of carboxylic acids is 1. The van der Waals surface area contributed by atoms with E-state index in [1.165, 1.54) is 17.0 Å². The lowest BCUT2D eigenvalue weighted by Gasteiger charge is -2.25. The number of amides is 1. The highest BCUT2D eigenvalue weighted by molar-refractivity contribution is 7.92. The summed E-state index contributed by atoms with van der Waals surface area (Å²) < 4.78 is 34.4. The van der Waals surface area contributed by atoms with Gasteiger partial charge in [0.05, 0.1) is 4.90 Å². The van der Waals surface area contributed by atoms with Gasteiger partial charge in [-0.1, -0.05) is 60.2 Å². The summed E-state index contributed by atoms with van der Waals surface area (Å²) in [6, 6.07) is 21.2. The van der Waals surface area contributed by atoms with E-state index in [9.17, 15) is 23.1 Å². The molecule has 1 aromatic heterocycles. The van der Waals surface area contributed by atoms with E-state index in [0.29, 0.717) is 30.9 Å². The molecule has 3 aromatic carbocycles. The van der Waals surface area contributed by atoms with Gasteiger partial charge in [0.2, 0.25) is 17.8 Å². The number of hydrogen-bond acceptors (Lipinski definition) is 11. The molecule has 3 N–H and O–H groups in total. The number of hydrogen-bond donors (Lipinski definition) is 3. The predicted molar refractivity (Wildman–Crippen MR) is 183 cm³/mol. The lowest BCUT2D eigenvalue weighted by Crippen LogP contribution is -2.35. The number of aromatic nitrogens is 3. The van der Waals surface area contributed by atoms with E-state index in [4.69, 9.17) is 4.74 Å². The molecule has 14 nitrogen and oxygen atoms in total. The maximum absolute atomic E-state index is 13.3. The Morgan fingerprint density at radius 3 is 2.08 bits per heavy atom. The Labute approximate surface area is 280 Å². The van der Waals surface area contributed by atoms with Gasteiger partial charge in [0, 0.05) is 40.2 Å². The zero-order valence-electron chi connectivity index (χ0n) is 27.5. The maximum atomic E-state index is 13.3. The molecule has 0 saturated carbocycles. The van der Waals surface area contributed by atoms with Crippen molar-refractivity contribution in [2.75, 3.05) is 56.2 Å². The molecule has 254 valence electrons. The minimum Gasteiger partial charge on any atom is -0.480 e. The van der Waals surface area contributed by atoms with Crippen molar-refractivity contribution in [3.05, 3.63) is 95.6 Å². The van der Waals surface area contributed by atoms with Crippen LogP contribution in [0.4, 0.5) is 22.6 Å². The van der Waals surface area contributed by atoms with Gasteiger partial charge in [-0.3, -0.25) is 0 Å².